The highest BCUT2D eigenvalue weighted by atomic mass is 16.6. The molecule has 436 valence electrons. The fraction of sp³-hybridized carbons (Fsp3) is 0.729. The van der Waals surface area contributed by atoms with E-state index < -0.39 is 12.1 Å². The summed E-state index contributed by atoms with van der Waals surface area (Å²) in [4.78, 5) is 38.3. The molecule has 0 aliphatic heterocycles. The van der Waals surface area contributed by atoms with Gasteiger partial charge < -0.3 is 14.2 Å². The second-order valence-corrected chi connectivity index (χ2v) is 21.3. The molecule has 0 aromatic rings. The van der Waals surface area contributed by atoms with E-state index in [0.29, 0.717) is 19.3 Å². The summed E-state index contributed by atoms with van der Waals surface area (Å²) in [5.41, 5.74) is 0. The second-order valence-electron chi connectivity index (χ2n) is 21.3. The van der Waals surface area contributed by atoms with Gasteiger partial charge in [-0.05, 0) is 89.9 Å². The summed E-state index contributed by atoms with van der Waals surface area (Å²) in [5.74, 6) is -0.998. The molecule has 76 heavy (non-hydrogen) atoms. The van der Waals surface area contributed by atoms with E-state index in [9.17, 15) is 14.4 Å². The first-order valence-electron chi connectivity index (χ1n) is 32.2. The van der Waals surface area contributed by atoms with Crippen molar-refractivity contribution in [2.75, 3.05) is 13.2 Å². The zero-order valence-corrected chi connectivity index (χ0v) is 50.0. The van der Waals surface area contributed by atoms with Crippen LogP contribution in [-0.2, 0) is 28.6 Å². The van der Waals surface area contributed by atoms with Crippen molar-refractivity contribution in [2.45, 2.75) is 316 Å². The van der Waals surface area contributed by atoms with Gasteiger partial charge in [0.05, 0.1) is 0 Å². The van der Waals surface area contributed by atoms with Crippen LogP contribution in [0.1, 0.15) is 310 Å². The molecular formula is C70H120O6. The van der Waals surface area contributed by atoms with Gasteiger partial charge in [-0.3, -0.25) is 14.4 Å². The molecule has 0 saturated carbocycles. The Morgan fingerprint density at radius 1 is 0.276 bits per heavy atom. The number of rotatable bonds is 58. The number of hydrogen-bond donors (Lipinski definition) is 0. The van der Waals surface area contributed by atoms with Crippen molar-refractivity contribution in [3.8, 4) is 0 Å². The van der Waals surface area contributed by atoms with Crippen LogP contribution >= 0.6 is 0 Å². The van der Waals surface area contributed by atoms with Gasteiger partial charge in [0.2, 0.25) is 0 Å². The predicted octanol–water partition coefficient (Wildman–Crippen LogP) is 22.0. The van der Waals surface area contributed by atoms with Crippen molar-refractivity contribution in [2.24, 2.45) is 0 Å². The lowest BCUT2D eigenvalue weighted by Gasteiger charge is -2.18. The first-order chi connectivity index (χ1) is 37.5. The van der Waals surface area contributed by atoms with Gasteiger partial charge in [-0.1, -0.05) is 298 Å². The van der Waals surface area contributed by atoms with E-state index in [1.54, 1.807) is 0 Å². The summed E-state index contributed by atoms with van der Waals surface area (Å²) in [7, 11) is 0. The Labute approximate surface area is 470 Å². The van der Waals surface area contributed by atoms with E-state index in [1.165, 1.54) is 161 Å². The second kappa shape index (κ2) is 63.9. The quantitative estimate of drug-likeness (QED) is 0.0261. The molecule has 0 saturated heterocycles. The highest BCUT2D eigenvalue weighted by Gasteiger charge is 2.19. The first-order valence-corrected chi connectivity index (χ1v) is 32.2. The third-order valence-electron chi connectivity index (χ3n) is 13.8. The van der Waals surface area contributed by atoms with Crippen molar-refractivity contribution in [3.63, 3.8) is 0 Å². The van der Waals surface area contributed by atoms with Gasteiger partial charge in [0.15, 0.2) is 6.10 Å². The average molecular weight is 1060 g/mol. The Morgan fingerprint density at radius 2 is 0.539 bits per heavy atom. The van der Waals surface area contributed by atoms with Crippen molar-refractivity contribution in [3.05, 3.63) is 97.2 Å². The van der Waals surface area contributed by atoms with E-state index in [2.05, 4.69) is 112 Å². The summed E-state index contributed by atoms with van der Waals surface area (Å²) >= 11 is 0. The number of carbonyl (C=O) groups excluding carboxylic acids is 3. The number of ether oxygens (including phenoxy) is 3. The first kappa shape index (κ1) is 72.3. The molecule has 0 aliphatic carbocycles. The van der Waals surface area contributed by atoms with E-state index >= 15 is 0 Å². The van der Waals surface area contributed by atoms with Crippen LogP contribution in [0, 0.1) is 0 Å². The van der Waals surface area contributed by atoms with Gasteiger partial charge in [0, 0.05) is 19.3 Å². The molecule has 6 nitrogen and oxygen atoms in total. The van der Waals surface area contributed by atoms with Crippen molar-refractivity contribution < 1.29 is 28.6 Å². The number of esters is 3. The number of unbranched alkanes of at least 4 members (excludes halogenated alkanes) is 31. The van der Waals surface area contributed by atoms with Crippen LogP contribution in [0.4, 0.5) is 0 Å². The Morgan fingerprint density at radius 3 is 0.868 bits per heavy atom. The fourth-order valence-corrected chi connectivity index (χ4v) is 9.03. The van der Waals surface area contributed by atoms with Gasteiger partial charge in [0.1, 0.15) is 13.2 Å². The molecule has 0 aromatic carbocycles. The lowest BCUT2D eigenvalue weighted by atomic mass is 10.0. The van der Waals surface area contributed by atoms with Crippen LogP contribution in [0.25, 0.3) is 0 Å². The highest BCUT2D eigenvalue weighted by molar-refractivity contribution is 5.71. The summed E-state index contributed by atoms with van der Waals surface area (Å²) < 4.78 is 16.8. The maximum atomic E-state index is 12.9. The van der Waals surface area contributed by atoms with Crippen LogP contribution in [-0.4, -0.2) is 37.2 Å². The Kier molecular flexibility index (Phi) is 60.8. The number of hydrogen-bond acceptors (Lipinski definition) is 6. The minimum atomic E-state index is -0.825. The molecule has 0 heterocycles. The smallest absolute Gasteiger partial charge is 0.306 e. The normalized spacial score (nSPS) is 12.7. The van der Waals surface area contributed by atoms with E-state index in [1.807, 2.05) is 6.08 Å². The van der Waals surface area contributed by atoms with E-state index in [0.717, 1.165) is 103 Å². The van der Waals surface area contributed by atoms with Gasteiger partial charge in [-0.25, -0.2) is 0 Å². The van der Waals surface area contributed by atoms with Crippen molar-refractivity contribution in [1.82, 2.24) is 0 Å². The topological polar surface area (TPSA) is 78.9 Å². The van der Waals surface area contributed by atoms with E-state index in [4.69, 9.17) is 14.2 Å². The van der Waals surface area contributed by atoms with Gasteiger partial charge in [0.25, 0.3) is 0 Å². The molecule has 0 rings (SSSR count). The summed E-state index contributed by atoms with van der Waals surface area (Å²) in [6, 6.07) is 0. The minimum Gasteiger partial charge on any atom is -0.462 e. The SMILES string of the molecule is CC/C=C\C/C=C\C/C=C\C/C=C\C/C=C\C/C=C\CCC(=O)OC(COC(=O)CCCCCCC/C=C\C/C=C\CCCCCC)COC(=O)CCCCCCCCCCCCCCCCCCCCCCCCC. The van der Waals surface area contributed by atoms with Crippen LogP contribution in [0.3, 0.4) is 0 Å². The Balaban J connectivity index is 4.44. The fourth-order valence-electron chi connectivity index (χ4n) is 9.03. The molecule has 0 aromatic heterocycles. The maximum absolute atomic E-state index is 12.9. The molecule has 0 aliphatic rings. The molecule has 1 atom stereocenters. The summed E-state index contributed by atoms with van der Waals surface area (Å²) in [6.07, 6.45) is 85.7. The predicted molar refractivity (Wildman–Crippen MR) is 330 cm³/mol. The molecule has 0 fully saturated rings. The van der Waals surface area contributed by atoms with Gasteiger partial charge in [-0.2, -0.15) is 0 Å². The third kappa shape index (κ3) is 61.2. The largest absolute Gasteiger partial charge is 0.462 e. The Bertz CT molecular complexity index is 1490. The van der Waals surface area contributed by atoms with Crippen molar-refractivity contribution in [1.29, 1.82) is 0 Å². The van der Waals surface area contributed by atoms with Gasteiger partial charge >= 0.3 is 17.9 Å². The molecule has 6 heteroatoms. The zero-order valence-electron chi connectivity index (χ0n) is 50.0. The van der Waals surface area contributed by atoms with Gasteiger partial charge in [-0.15, -0.1) is 0 Å². The van der Waals surface area contributed by atoms with Crippen LogP contribution in [0.15, 0.2) is 97.2 Å². The maximum Gasteiger partial charge on any atom is 0.306 e. The van der Waals surface area contributed by atoms with Crippen LogP contribution < -0.4 is 0 Å². The molecule has 0 spiro atoms. The van der Waals surface area contributed by atoms with Crippen LogP contribution in [0.5, 0.6) is 0 Å². The van der Waals surface area contributed by atoms with Crippen molar-refractivity contribution >= 4 is 17.9 Å². The Hall–Kier alpha value is -3.67. The summed E-state index contributed by atoms with van der Waals surface area (Å²) in [5, 5.41) is 0. The minimum absolute atomic E-state index is 0.110. The highest BCUT2D eigenvalue weighted by Crippen LogP contribution is 2.17. The average Bonchev–Trinajstić information content (AvgIpc) is 3.42. The number of carbonyl (C=O) groups is 3. The third-order valence-corrected chi connectivity index (χ3v) is 13.8. The molecule has 0 N–H and O–H groups in total. The van der Waals surface area contributed by atoms with E-state index in [-0.39, 0.29) is 31.6 Å². The lowest BCUT2D eigenvalue weighted by Crippen LogP contribution is -2.30. The number of allylic oxidation sites excluding steroid dienone is 16. The molecular weight excluding hydrogens is 937 g/mol. The molecule has 0 amide bonds. The van der Waals surface area contributed by atoms with Crippen LogP contribution in [0.2, 0.25) is 0 Å². The monoisotopic (exact) mass is 1060 g/mol. The molecule has 0 bridgehead atoms. The standard InChI is InChI=1S/C70H120O6/c1-4-7-10-13-16-19-22-25-28-31-33-34-35-36-38-39-42-45-48-51-54-57-60-63-69(72)75-66-67(65-74-68(71)62-59-56-53-50-47-44-41-30-27-24-21-18-15-12-9-6-3)76-70(73)64-61-58-55-52-49-46-43-40-37-32-29-26-23-20-17-14-11-8-5-2/h8,11,17,20-21,24,26,29-30,37,40-41,46,49,55,58,67H,4-7,9-10,12-16,18-19,22-23,25,27-28,31-36,38-39,42-45,47-48,50-54,56-57,59-66H2,1-3H3/b11-8-,20-17-,24-21-,29-26-,40-37-,41-30-,49-46-,58-55-. The molecule has 1 unspecified atom stereocenters. The summed E-state index contributed by atoms with van der Waals surface area (Å²) in [6.45, 7) is 6.47. The zero-order chi connectivity index (χ0) is 55.0. The lowest BCUT2D eigenvalue weighted by molar-refractivity contribution is -0.166. The molecule has 0 radical (unpaired) electrons.